The molecular formula is C12H18ClNO2. The summed E-state index contributed by atoms with van der Waals surface area (Å²) >= 11 is 6.07. The van der Waals surface area contributed by atoms with Gasteiger partial charge in [-0.2, -0.15) is 0 Å². The normalized spacial score (nSPS) is 10.5. The Balaban J connectivity index is 2.66. The Morgan fingerprint density at radius 3 is 2.75 bits per heavy atom. The molecule has 0 saturated carbocycles. The summed E-state index contributed by atoms with van der Waals surface area (Å²) in [6.07, 6.45) is 0.836. The Labute approximate surface area is 101 Å². The van der Waals surface area contributed by atoms with E-state index in [2.05, 4.69) is 5.32 Å². The molecule has 0 aromatic heterocycles. The lowest BCUT2D eigenvalue weighted by molar-refractivity contribution is 0.292. The van der Waals surface area contributed by atoms with Crippen LogP contribution in [0.1, 0.15) is 11.1 Å². The van der Waals surface area contributed by atoms with E-state index >= 15 is 0 Å². The topological polar surface area (TPSA) is 41.5 Å². The van der Waals surface area contributed by atoms with Gasteiger partial charge in [-0.3, -0.25) is 0 Å². The highest BCUT2D eigenvalue weighted by molar-refractivity contribution is 6.31. The highest BCUT2D eigenvalue weighted by atomic mass is 35.5. The van der Waals surface area contributed by atoms with E-state index in [1.165, 1.54) is 0 Å². The SMILES string of the molecule is COc1cc(C)c(Cl)cc1CCNCCO. The van der Waals surface area contributed by atoms with Gasteiger partial charge in [0.1, 0.15) is 5.75 Å². The van der Waals surface area contributed by atoms with Gasteiger partial charge in [0.2, 0.25) is 0 Å². The van der Waals surface area contributed by atoms with Crippen molar-refractivity contribution in [2.75, 3.05) is 26.8 Å². The van der Waals surface area contributed by atoms with Crippen molar-refractivity contribution >= 4 is 11.6 Å². The highest BCUT2D eigenvalue weighted by Crippen LogP contribution is 2.26. The molecule has 0 saturated heterocycles. The summed E-state index contributed by atoms with van der Waals surface area (Å²) < 4.78 is 5.30. The molecular weight excluding hydrogens is 226 g/mol. The number of rotatable bonds is 6. The van der Waals surface area contributed by atoms with Crippen LogP contribution in [0.5, 0.6) is 5.75 Å². The number of hydrogen-bond donors (Lipinski definition) is 2. The molecule has 4 heteroatoms. The molecule has 2 N–H and O–H groups in total. The Kier molecular flexibility index (Phi) is 5.60. The number of aliphatic hydroxyl groups is 1. The second-order valence-electron chi connectivity index (χ2n) is 3.64. The number of benzene rings is 1. The van der Waals surface area contributed by atoms with Crippen LogP contribution in [0.2, 0.25) is 5.02 Å². The fourth-order valence-corrected chi connectivity index (χ4v) is 1.69. The van der Waals surface area contributed by atoms with Gasteiger partial charge in [0.15, 0.2) is 0 Å². The van der Waals surface area contributed by atoms with E-state index in [1.807, 2.05) is 19.1 Å². The lowest BCUT2D eigenvalue weighted by atomic mass is 10.1. The van der Waals surface area contributed by atoms with E-state index in [4.69, 9.17) is 21.4 Å². The first-order valence-electron chi connectivity index (χ1n) is 5.33. The van der Waals surface area contributed by atoms with Gasteiger partial charge >= 0.3 is 0 Å². The molecule has 1 aromatic rings. The first-order valence-corrected chi connectivity index (χ1v) is 5.71. The summed E-state index contributed by atoms with van der Waals surface area (Å²) in [6, 6.07) is 3.89. The summed E-state index contributed by atoms with van der Waals surface area (Å²) in [5, 5.41) is 12.5. The second-order valence-corrected chi connectivity index (χ2v) is 4.04. The van der Waals surface area contributed by atoms with Crippen LogP contribution in [-0.2, 0) is 6.42 Å². The van der Waals surface area contributed by atoms with Crippen molar-refractivity contribution in [3.05, 3.63) is 28.3 Å². The first-order chi connectivity index (χ1) is 7.69. The van der Waals surface area contributed by atoms with Gasteiger partial charge in [-0.25, -0.2) is 0 Å². The van der Waals surface area contributed by atoms with Gasteiger partial charge in [-0.05, 0) is 43.1 Å². The summed E-state index contributed by atoms with van der Waals surface area (Å²) in [6.45, 7) is 3.53. The third-order valence-corrected chi connectivity index (χ3v) is 2.83. The Hall–Kier alpha value is -0.770. The minimum Gasteiger partial charge on any atom is -0.496 e. The van der Waals surface area contributed by atoms with Crippen LogP contribution in [0.25, 0.3) is 0 Å². The lowest BCUT2D eigenvalue weighted by Gasteiger charge is -2.11. The zero-order valence-corrected chi connectivity index (χ0v) is 10.5. The standard InChI is InChI=1S/C12H18ClNO2/c1-9-7-12(16-2)10(8-11(9)13)3-4-14-5-6-15/h7-8,14-15H,3-6H2,1-2H3. The number of aryl methyl sites for hydroxylation is 1. The van der Waals surface area contributed by atoms with Crippen molar-refractivity contribution in [1.82, 2.24) is 5.32 Å². The predicted octanol–water partition coefficient (Wildman–Crippen LogP) is 1.78. The Morgan fingerprint density at radius 1 is 1.38 bits per heavy atom. The quantitative estimate of drug-likeness (QED) is 0.749. The summed E-state index contributed by atoms with van der Waals surface area (Å²) in [5.74, 6) is 0.868. The van der Waals surface area contributed by atoms with Crippen molar-refractivity contribution in [3.8, 4) is 5.75 Å². The molecule has 0 spiro atoms. The Bertz CT molecular complexity index is 342. The zero-order chi connectivity index (χ0) is 12.0. The average molecular weight is 244 g/mol. The van der Waals surface area contributed by atoms with Crippen LogP contribution < -0.4 is 10.1 Å². The van der Waals surface area contributed by atoms with E-state index in [0.29, 0.717) is 6.54 Å². The summed E-state index contributed by atoms with van der Waals surface area (Å²) in [5.41, 5.74) is 2.11. The molecule has 0 aliphatic heterocycles. The van der Waals surface area contributed by atoms with Gasteiger partial charge < -0.3 is 15.2 Å². The third-order valence-electron chi connectivity index (χ3n) is 2.42. The Morgan fingerprint density at radius 2 is 2.12 bits per heavy atom. The largest absolute Gasteiger partial charge is 0.496 e. The molecule has 16 heavy (non-hydrogen) atoms. The van der Waals surface area contributed by atoms with Crippen LogP contribution in [-0.4, -0.2) is 31.9 Å². The van der Waals surface area contributed by atoms with Crippen molar-refractivity contribution in [2.24, 2.45) is 0 Å². The molecule has 0 amide bonds. The average Bonchev–Trinajstić information content (AvgIpc) is 2.28. The fraction of sp³-hybridized carbons (Fsp3) is 0.500. The number of aliphatic hydroxyl groups excluding tert-OH is 1. The van der Waals surface area contributed by atoms with Crippen LogP contribution in [0, 0.1) is 6.92 Å². The zero-order valence-electron chi connectivity index (χ0n) is 9.72. The molecule has 0 aliphatic rings. The summed E-state index contributed by atoms with van der Waals surface area (Å²) in [7, 11) is 1.66. The van der Waals surface area contributed by atoms with E-state index in [0.717, 1.165) is 34.9 Å². The van der Waals surface area contributed by atoms with Crippen molar-refractivity contribution in [1.29, 1.82) is 0 Å². The molecule has 90 valence electrons. The monoisotopic (exact) mass is 243 g/mol. The second kappa shape index (κ2) is 6.74. The maximum Gasteiger partial charge on any atom is 0.122 e. The van der Waals surface area contributed by atoms with Crippen LogP contribution in [0.3, 0.4) is 0 Å². The molecule has 1 rings (SSSR count). The highest BCUT2D eigenvalue weighted by Gasteiger charge is 2.06. The van der Waals surface area contributed by atoms with E-state index in [9.17, 15) is 0 Å². The molecule has 3 nitrogen and oxygen atoms in total. The molecule has 0 fully saturated rings. The maximum absolute atomic E-state index is 8.64. The van der Waals surface area contributed by atoms with Crippen molar-refractivity contribution < 1.29 is 9.84 Å². The van der Waals surface area contributed by atoms with E-state index < -0.39 is 0 Å². The number of halogens is 1. The molecule has 0 heterocycles. The van der Waals surface area contributed by atoms with Crippen molar-refractivity contribution in [2.45, 2.75) is 13.3 Å². The smallest absolute Gasteiger partial charge is 0.122 e. The first kappa shape index (κ1) is 13.3. The molecule has 0 aliphatic carbocycles. The number of hydrogen-bond acceptors (Lipinski definition) is 3. The lowest BCUT2D eigenvalue weighted by Crippen LogP contribution is -2.21. The van der Waals surface area contributed by atoms with E-state index in [-0.39, 0.29) is 6.61 Å². The van der Waals surface area contributed by atoms with Crippen LogP contribution >= 0.6 is 11.6 Å². The van der Waals surface area contributed by atoms with Crippen molar-refractivity contribution in [3.63, 3.8) is 0 Å². The minimum absolute atomic E-state index is 0.159. The molecule has 0 bridgehead atoms. The van der Waals surface area contributed by atoms with Gasteiger partial charge in [-0.1, -0.05) is 11.6 Å². The van der Waals surface area contributed by atoms with Gasteiger partial charge in [0.25, 0.3) is 0 Å². The van der Waals surface area contributed by atoms with Gasteiger partial charge in [-0.15, -0.1) is 0 Å². The fourth-order valence-electron chi connectivity index (χ4n) is 1.51. The summed E-state index contributed by atoms with van der Waals surface area (Å²) in [4.78, 5) is 0. The molecule has 0 unspecified atom stereocenters. The van der Waals surface area contributed by atoms with Crippen LogP contribution in [0.4, 0.5) is 0 Å². The van der Waals surface area contributed by atoms with Crippen LogP contribution in [0.15, 0.2) is 12.1 Å². The third kappa shape index (κ3) is 3.67. The van der Waals surface area contributed by atoms with Gasteiger partial charge in [0, 0.05) is 11.6 Å². The molecule has 0 radical (unpaired) electrons. The molecule has 1 aromatic carbocycles. The van der Waals surface area contributed by atoms with Gasteiger partial charge in [0.05, 0.1) is 13.7 Å². The molecule has 0 atom stereocenters. The maximum atomic E-state index is 8.64. The predicted molar refractivity (Wildman–Crippen MR) is 66.4 cm³/mol. The minimum atomic E-state index is 0.159. The number of methoxy groups -OCH3 is 1. The number of ether oxygens (including phenoxy) is 1. The number of nitrogens with one attached hydrogen (secondary N) is 1. The van der Waals surface area contributed by atoms with E-state index in [1.54, 1.807) is 7.11 Å².